The number of hydrogen-bond acceptors (Lipinski definition) is 7. The number of guanidine groups is 1. The normalized spacial score (nSPS) is 18.3. The number of amides is 2. The highest BCUT2D eigenvalue weighted by atomic mass is 16.6. The van der Waals surface area contributed by atoms with Crippen LogP contribution in [0.15, 0.2) is 35.3 Å². The van der Waals surface area contributed by atoms with Crippen LogP contribution in [0.4, 0.5) is 9.59 Å². The second-order valence-corrected chi connectivity index (χ2v) is 10.7. The van der Waals surface area contributed by atoms with Gasteiger partial charge in [0.15, 0.2) is 0 Å². The number of piperidine rings is 1. The lowest BCUT2D eigenvalue weighted by atomic mass is 9.98. The molecule has 1 heterocycles. The van der Waals surface area contributed by atoms with E-state index in [9.17, 15) is 9.59 Å². The van der Waals surface area contributed by atoms with Crippen molar-refractivity contribution in [2.24, 2.45) is 4.99 Å². The van der Waals surface area contributed by atoms with E-state index in [-0.39, 0.29) is 12.1 Å². The average molecular weight is 491 g/mol. The van der Waals surface area contributed by atoms with Crippen LogP contribution in [0, 0.1) is 0 Å². The highest BCUT2D eigenvalue weighted by molar-refractivity contribution is 6.01. The first-order valence-electron chi connectivity index (χ1n) is 12.3. The Hall–Kier alpha value is -2.65. The monoisotopic (exact) mass is 490 g/mol. The molecule has 1 aliphatic rings. The summed E-state index contributed by atoms with van der Waals surface area (Å²) in [4.78, 5) is 28.7. The minimum absolute atomic E-state index is 0.00849. The number of nitrogens with zero attached hydrogens (tertiary/aromatic N) is 1. The van der Waals surface area contributed by atoms with E-state index in [0.29, 0.717) is 19.2 Å². The van der Waals surface area contributed by atoms with Crippen molar-refractivity contribution in [2.45, 2.75) is 97.2 Å². The summed E-state index contributed by atoms with van der Waals surface area (Å²) in [5, 5.41) is 8.56. The lowest BCUT2D eigenvalue weighted by Gasteiger charge is -2.30. The van der Waals surface area contributed by atoms with E-state index in [1.807, 2.05) is 18.2 Å². The quantitative estimate of drug-likeness (QED) is 0.295. The van der Waals surface area contributed by atoms with E-state index < -0.39 is 23.4 Å². The molecule has 0 aromatic heterocycles. The number of rotatable bonds is 7. The Bertz CT molecular complexity index is 798. The van der Waals surface area contributed by atoms with Crippen LogP contribution in [0.3, 0.4) is 0 Å². The molecular weight excluding hydrogens is 448 g/mol. The summed E-state index contributed by atoms with van der Waals surface area (Å²) in [5.74, 6) is 0.00849. The molecule has 9 heteroatoms. The number of ether oxygens (including phenoxy) is 3. The fraction of sp³-hybridized carbons (Fsp3) is 0.654. The molecule has 0 saturated carbocycles. The summed E-state index contributed by atoms with van der Waals surface area (Å²) in [6, 6.07) is 10.5. The number of benzene rings is 1. The molecule has 1 saturated heterocycles. The molecule has 2 rings (SSSR count). The molecule has 196 valence electrons. The van der Waals surface area contributed by atoms with Gasteiger partial charge in [0.1, 0.15) is 11.2 Å². The molecule has 0 radical (unpaired) electrons. The fourth-order valence-electron chi connectivity index (χ4n) is 3.57. The fourth-order valence-corrected chi connectivity index (χ4v) is 3.57. The van der Waals surface area contributed by atoms with E-state index >= 15 is 0 Å². The molecule has 2 unspecified atom stereocenters. The largest absolute Gasteiger partial charge is 0.444 e. The van der Waals surface area contributed by atoms with Gasteiger partial charge in [-0.3, -0.25) is 15.6 Å². The summed E-state index contributed by atoms with van der Waals surface area (Å²) < 4.78 is 16.7. The van der Waals surface area contributed by atoms with Crippen molar-refractivity contribution >= 4 is 18.1 Å². The van der Waals surface area contributed by atoms with Gasteiger partial charge in [0, 0.05) is 12.6 Å². The van der Waals surface area contributed by atoms with Crippen molar-refractivity contribution in [2.75, 3.05) is 13.1 Å². The van der Waals surface area contributed by atoms with Crippen LogP contribution in [0.2, 0.25) is 0 Å². The lowest BCUT2D eigenvalue weighted by molar-refractivity contribution is 0.00990. The van der Waals surface area contributed by atoms with Gasteiger partial charge in [-0.1, -0.05) is 30.3 Å². The molecule has 2 amide bonds. The average Bonchev–Trinajstić information content (AvgIpc) is 2.73. The Morgan fingerprint density at radius 2 is 1.60 bits per heavy atom. The summed E-state index contributed by atoms with van der Waals surface area (Å²) in [6.45, 7) is 12.5. The maximum Gasteiger partial charge on any atom is 0.414 e. The number of nitrogens with one attached hydrogen (secondary N) is 3. The third-order valence-corrected chi connectivity index (χ3v) is 4.99. The third kappa shape index (κ3) is 13.1. The summed E-state index contributed by atoms with van der Waals surface area (Å²) >= 11 is 0. The van der Waals surface area contributed by atoms with Crippen LogP contribution >= 0.6 is 0 Å². The van der Waals surface area contributed by atoms with Crippen LogP contribution in [-0.2, 0) is 20.8 Å². The van der Waals surface area contributed by atoms with E-state index in [2.05, 4.69) is 33.1 Å². The number of carbonyl (C=O) groups excluding carboxylic acids is 2. The van der Waals surface area contributed by atoms with Crippen molar-refractivity contribution < 1.29 is 23.8 Å². The van der Waals surface area contributed by atoms with Crippen LogP contribution in [0.25, 0.3) is 0 Å². The molecule has 0 bridgehead atoms. The van der Waals surface area contributed by atoms with E-state index in [0.717, 1.165) is 32.2 Å². The first-order valence-corrected chi connectivity index (χ1v) is 12.3. The molecule has 35 heavy (non-hydrogen) atoms. The van der Waals surface area contributed by atoms with E-state index in [1.54, 1.807) is 41.5 Å². The summed E-state index contributed by atoms with van der Waals surface area (Å²) in [5.41, 5.74) is -0.167. The number of hydrogen-bond donors (Lipinski definition) is 3. The van der Waals surface area contributed by atoms with E-state index in [4.69, 9.17) is 14.2 Å². The minimum atomic E-state index is -0.695. The molecule has 1 aromatic rings. The van der Waals surface area contributed by atoms with E-state index in [1.165, 1.54) is 5.56 Å². The Morgan fingerprint density at radius 1 is 1.00 bits per heavy atom. The van der Waals surface area contributed by atoms with Crippen molar-refractivity contribution in [3.63, 3.8) is 0 Å². The van der Waals surface area contributed by atoms with Crippen LogP contribution in [-0.4, -0.2) is 54.6 Å². The van der Waals surface area contributed by atoms with Crippen molar-refractivity contribution in [1.82, 2.24) is 16.0 Å². The van der Waals surface area contributed by atoms with Crippen molar-refractivity contribution in [1.29, 1.82) is 0 Å². The minimum Gasteiger partial charge on any atom is -0.444 e. The Balaban J connectivity index is 1.83. The zero-order chi connectivity index (χ0) is 25.9. The van der Waals surface area contributed by atoms with Gasteiger partial charge >= 0.3 is 12.2 Å². The molecule has 1 aliphatic heterocycles. The van der Waals surface area contributed by atoms with Gasteiger partial charge in [0.25, 0.3) is 0 Å². The second-order valence-electron chi connectivity index (χ2n) is 10.7. The Morgan fingerprint density at radius 3 is 2.17 bits per heavy atom. The maximum atomic E-state index is 12.2. The summed E-state index contributed by atoms with van der Waals surface area (Å²) in [6.07, 6.45) is 2.45. The molecule has 2 atom stereocenters. The van der Waals surface area contributed by atoms with Crippen molar-refractivity contribution in [3.05, 3.63) is 35.9 Å². The molecule has 9 nitrogen and oxygen atoms in total. The van der Waals surface area contributed by atoms with Gasteiger partial charge in [0.2, 0.25) is 5.96 Å². The van der Waals surface area contributed by atoms with Gasteiger partial charge in [-0.05, 0) is 79.3 Å². The Labute approximate surface area is 209 Å². The first-order chi connectivity index (χ1) is 16.4. The molecule has 0 spiro atoms. The molecular formula is C26H42N4O5. The lowest BCUT2D eigenvalue weighted by Crippen LogP contribution is -2.47. The molecule has 1 aromatic carbocycles. The predicted molar refractivity (Wildman–Crippen MR) is 136 cm³/mol. The first kappa shape index (κ1) is 28.6. The van der Waals surface area contributed by atoms with Gasteiger partial charge in [0.05, 0.1) is 12.7 Å². The molecule has 1 fully saturated rings. The Kier molecular flexibility index (Phi) is 11.0. The zero-order valence-corrected chi connectivity index (χ0v) is 22.0. The van der Waals surface area contributed by atoms with Gasteiger partial charge in [-0.25, -0.2) is 9.59 Å². The highest BCUT2D eigenvalue weighted by Crippen LogP contribution is 2.18. The van der Waals surface area contributed by atoms with Crippen molar-refractivity contribution in [3.8, 4) is 0 Å². The molecule has 3 N–H and O–H groups in total. The van der Waals surface area contributed by atoms with Gasteiger partial charge in [-0.2, -0.15) is 0 Å². The van der Waals surface area contributed by atoms with Gasteiger partial charge in [-0.15, -0.1) is 0 Å². The predicted octanol–water partition coefficient (Wildman–Crippen LogP) is 4.51. The maximum absolute atomic E-state index is 12.2. The van der Waals surface area contributed by atoms with Crippen LogP contribution in [0.5, 0.6) is 0 Å². The zero-order valence-electron chi connectivity index (χ0n) is 22.0. The smallest absolute Gasteiger partial charge is 0.414 e. The van der Waals surface area contributed by atoms with Gasteiger partial charge < -0.3 is 19.5 Å². The number of aliphatic imine (C=N–C) groups is 1. The number of carbonyl (C=O) groups is 2. The topological polar surface area (TPSA) is 110 Å². The third-order valence-electron chi connectivity index (χ3n) is 4.99. The second kappa shape index (κ2) is 13.4. The number of alkyl carbamates (subject to hydrolysis) is 2. The highest BCUT2D eigenvalue weighted by Gasteiger charge is 2.23. The molecule has 0 aliphatic carbocycles. The summed E-state index contributed by atoms with van der Waals surface area (Å²) in [7, 11) is 0. The van der Waals surface area contributed by atoms with Crippen LogP contribution < -0.4 is 16.0 Å². The van der Waals surface area contributed by atoms with Crippen LogP contribution in [0.1, 0.15) is 72.8 Å². The standard InChI is InChI=1S/C26H42N4O5/c1-25(2,3)34-23(31)29-22(30-24(32)35-26(4,5)6)28-15-10-13-20-17-21(14-16-27-20)33-18-19-11-8-7-9-12-19/h7-9,11-12,20-21,27H,10,13-18H2,1-6H3,(H2,28,29,30,31,32). The SMILES string of the molecule is CC(C)(C)OC(=O)NC(=NCCCC1CC(OCc2ccccc2)CCN1)NC(=O)OC(C)(C)C.